The minimum absolute atomic E-state index is 0.189. The molecule has 0 saturated heterocycles. The lowest BCUT2D eigenvalue weighted by molar-refractivity contribution is 0.414. The molecule has 0 unspecified atom stereocenters. The average Bonchev–Trinajstić information content (AvgIpc) is 2.91. The van der Waals surface area contributed by atoms with Crippen LogP contribution in [0.2, 0.25) is 5.28 Å². The molecule has 0 atom stereocenters. The van der Waals surface area contributed by atoms with Gasteiger partial charge in [0.2, 0.25) is 5.28 Å². The van der Waals surface area contributed by atoms with Crippen LogP contribution in [-0.2, 0) is 0 Å². The van der Waals surface area contributed by atoms with Gasteiger partial charge in [0.05, 0.1) is 24.4 Å². The van der Waals surface area contributed by atoms with Gasteiger partial charge in [0, 0.05) is 6.54 Å². The number of aromatic nitrogens is 4. The summed E-state index contributed by atoms with van der Waals surface area (Å²) in [4.78, 5) is 8.48. The first kappa shape index (κ1) is 13.6. The Bertz CT molecular complexity index is 769. The second-order valence-corrected chi connectivity index (χ2v) is 4.70. The second kappa shape index (κ2) is 5.57. The molecule has 3 rings (SSSR count). The van der Waals surface area contributed by atoms with Gasteiger partial charge in [0.15, 0.2) is 5.65 Å². The van der Waals surface area contributed by atoms with Gasteiger partial charge < -0.3 is 10.1 Å². The minimum atomic E-state index is 0.189. The van der Waals surface area contributed by atoms with Gasteiger partial charge in [-0.05, 0) is 42.8 Å². The first-order valence-corrected chi connectivity index (χ1v) is 6.90. The van der Waals surface area contributed by atoms with E-state index in [2.05, 4.69) is 20.4 Å². The molecular formula is C14H14ClN5O. The summed E-state index contributed by atoms with van der Waals surface area (Å²) in [5.41, 5.74) is 1.54. The van der Waals surface area contributed by atoms with Crippen molar-refractivity contribution < 1.29 is 4.74 Å². The van der Waals surface area contributed by atoms with Gasteiger partial charge >= 0.3 is 0 Å². The monoisotopic (exact) mass is 303 g/mol. The van der Waals surface area contributed by atoms with Crippen LogP contribution in [0.1, 0.15) is 6.92 Å². The van der Waals surface area contributed by atoms with Crippen molar-refractivity contribution in [1.29, 1.82) is 0 Å². The van der Waals surface area contributed by atoms with Crippen LogP contribution in [0.5, 0.6) is 5.75 Å². The molecule has 0 fully saturated rings. The molecule has 7 heteroatoms. The zero-order valence-corrected chi connectivity index (χ0v) is 12.4. The molecule has 3 aromatic rings. The van der Waals surface area contributed by atoms with Gasteiger partial charge in [-0.3, -0.25) is 0 Å². The molecular weight excluding hydrogens is 290 g/mol. The Morgan fingerprint density at radius 2 is 2.00 bits per heavy atom. The van der Waals surface area contributed by atoms with Crippen molar-refractivity contribution in [1.82, 2.24) is 19.7 Å². The lowest BCUT2D eigenvalue weighted by Gasteiger charge is -2.06. The maximum Gasteiger partial charge on any atom is 0.226 e. The van der Waals surface area contributed by atoms with Crippen molar-refractivity contribution in [2.24, 2.45) is 0 Å². The number of anilines is 1. The minimum Gasteiger partial charge on any atom is -0.497 e. The lowest BCUT2D eigenvalue weighted by atomic mass is 10.3. The van der Waals surface area contributed by atoms with Crippen LogP contribution in [0.15, 0.2) is 30.5 Å². The molecule has 0 amide bonds. The third kappa shape index (κ3) is 2.50. The number of fused-ring (bicyclic) bond motifs is 1. The molecule has 0 bridgehead atoms. The Balaban J connectivity index is 2.14. The Hall–Kier alpha value is -2.34. The summed E-state index contributed by atoms with van der Waals surface area (Å²) in [6.07, 6.45) is 1.73. The summed E-state index contributed by atoms with van der Waals surface area (Å²) in [5.74, 6) is 1.48. The second-order valence-electron chi connectivity index (χ2n) is 4.36. The molecule has 6 nitrogen and oxygen atoms in total. The number of hydrogen-bond acceptors (Lipinski definition) is 5. The highest BCUT2D eigenvalue weighted by Crippen LogP contribution is 2.24. The fourth-order valence-electron chi connectivity index (χ4n) is 2.10. The summed E-state index contributed by atoms with van der Waals surface area (Å²) in [5, 5.41) is 8.56. The van der Waals surface area contributed by atoms with Crippen LogP contribution in [0.3, 0.4) is 0 Å². The third-order valence-corrected chi connectivity index (χ3v) is 3.23. The topological polar surface area (TPSA) is 64.9 Å². The molecule has 0 spiro atoms. The van der Waals surface area contributed by atoms with Crippen molar-refractivity contribution in [2.75, 3.05) is 19.0 Å². The van der Waals surface area contributed by atoms with Crippen molar-refractivity contribution in [2.45, 2.75) is 6.92 Å². The summed E-state index contributed by atoms with van der Waals surface area (Å²) < 4.78 is 6.88. The summed E-state index contributed by atoms with van der Waals surface area (Å²) in [7, 11) is 1.63. The van der Waals surface area contributed by atoms with E-state index in [0.717, 1.165) is 23.4 Å². The van der Waals surface area contributed by atoms with Crippen LogP contribution in [0, 0.1) is 0 Å². The maximum absolute atomic E-state index is 6.00. The Morgan fingerprint density at radius 3 is 2.67 bits per heavy atom. The van der Waals surface area contributed by atoms with Crippen molar-refractivity contribution >= 4 is 28.5 Å². The number of methoxy groups -OCH3 is 1. The molecule has 2 aromatic heterocycles. The third-order valence-electron chi connectivity index (χ3n) is 3.06. The van der Waals surface area contributed by atoms with Gasteiger partial charge in [-0.15, -0.1) is 0 Å². The van der Waals surface area contributed by atoms with Gasteiger partial charge in [-0.25, -0.2) is 4.68 Å². The van der Waals surface area contributed by atoms with E-state index in [4.69, 9.17) is 16.3 Å². The highest BCUT2D eigenvalue weighted by molar-refractivity contribution is 6.28. The summed E-state index contributed by atoms with van der Waals surface area (Å²) in [6.45, 7) is 2.74. The molecule has 108 valence electrons. The molecule has 0 radical (unpaired) electrons. The van der Waals surface area contributed by atoms with Gasteiger partial charge in [0.25, 0.3) is 0 Å². The van der Waals surface area contributed by atoms with Crippen molar-refractivity contribution in [3.05, 3.63) is 35.7 Å². The summed E-state index contributed by atoms with van der Waals surface area (Å²) in [6, 6.07) is 7.57. The molecule has 2 heterocycles. The van der Waals surface area contributed by atoms with Gasteiger partial charge in [-0.1, -0.05) is 0 Å². The number of ether oxygens (including phenoxy) is 1. The lowest BCUT2D eigenvalue weighted by Crippen LogP contribution is -2.03. The fraction of sp³-hybridized carbons (Fsp3) is 0.214. The number of benzene rings is 1. The Kier molecular flexibility index (Phi) is 3.62. The van der Waals surface area contributed by atoms with E-state index in [1.165, 1.54) is 0 Å². The van der Waals surface area contributed by atoms with Crippen LogP contribution in [0.25, 0.3) is 16.7 Å². The predicted octanol–water partition coefficient (Wildman–Crippen LogP) is 2.91. The molecule has 0 saturated carbocycles. The number of halogens is 1. The highest BCUT2D eigenvalue weighted by atomic mass is 35.5. The van der Waals surface area contributed by atoms with Crippen molar-refractivity contribution in [3.8, 4) is 11.4 Å². The molecule has 0 aliphatic carbocycles. The highest BCUT2D eigenvalue weighted by Gasteiger charge is 2.12. The van der Waals surface area contributed by atoms with Crippen LogP contribution >= 0.6 is 11.6 Å². The zero-order valence-electron chi connectivity index (χ0n) is 11.7. The molecule has 21 heavy (non-hydrogen) atoms. The van der Waals surface area contributed by atoms with E-state index < -0.39 is 0 Å². The SMILES string of the molecule is CCNc1nc(Cl)nc2c1cnn2-c1ccc(OC)cc1. The average molecular weight is 304 g/mol. The standard InChI is InChI=1S/C14H14ClN5O/c1-3-16-12-11-8-17-20(13(11)19-14(15)18-12)9-4-6-10(21-2)7-5-9/h4-8H,3H2,1-2H3,(H,16,18,19). The first-order chi connectivity index (χ1) is 10.2. The number of rotatable bonds is 4. The van der Waals surface area contributed by atoms with Gasteiger partial charge in [0.1, 0.15) is 11.6 Å². The Morgan fingerprint density at radius 1 is 1.24 bits per heavy atom. The quantitative estimate of drug-likeness (QED) is 0.751. The first-order valence-electron chi connectivity index (χ1n) is 6.52. The van der Waals surface area contributed by atoms with E-state index >= 15 is 0 Å². The Labute approximate surface area is 126 Å². The normalized spacial score (nSPS) is 10.8. The predicted molar refractivity (Wildman–Crippen MR) is 82.4 cm³/mol. The zero-order chi connectivity index (χ0) is 14.8. The smallest absolute Gasteiger partial charge is 0.226 e. The molecule has 0 aliphatic rings. The van der Waals surface area contributed by atoms with Crippen LogP contribution < -0.4 is 10.1 Å². The number of nitrogens with zero attached hydrogens (tertiary/aromatic N) is 4. The van der Waals surface area contributed by atoms with Crippen LogP contribution in [-0.4, -0.2) is 33.4 Å². The maximum atomic E-state index is 6.00. The van der Waals surface area contributed by atoms with E-state index in [0.29, 0.717) is 11.5 Å². The van der Waals surface area contributed by atoms with Crippen LogP contribution in [0.4, 0.5) is 5.82 Å². The molecule has 1 N–H and O–H groups in total. The summed E-state index contributed by atoms with van der Waals surface area (Å²) >= 11 is 6.00. The number of hydrogen-bond donors (Lipinski definition) is 1. The number of nitrogens with one attached hydrogen (secondary N) is 1. The molecule has 1 aromatic carbocycles. The fourth-order valence-corrected chi connectivity index (χ4v) is 2.26. The van der Waals surface area contributed by atoms with E-state index in [1.807, 2.05) is 31.2 Å². The van der Waals surface area contributed by atoms with E-state index in [1.54, 1.807) is 18.0 Å². The molecule has 0 aliphatic heterocycles. The van der Waals surface area contributed by atoms with E-state index in [9.17, 15) is 0 Å². The van der Waals surface area contributed by atoms with E-state index in [-0.39, 0.29) is 5.28 Å². The van der Waals surface area contributed by atoms with Gasteiger partial charge in [-0.2, -0.15) is 15.1 Å². The largest absolute Gasteiger partial charge is 0.497 e. The van der Waals surface area contributed by atoms with Crippen molar-refractivity contribution in [3.63, 3.8) is 0 Å².